The topological polar surface area (TPSA) is 79.7 Å². The van der Waals surface area contributed by atoms with Gasteiger partial charge in [0.05, 0.1) is 17.5 Å². The first-order valence-corrected chi connectivity index (χ1v) is 10.4. The van der Waals surface area contributed by atoms with Crippen molar-refractivity contribution in [3.8, 4) is 0 Å². The van der Waals surface area contributed by atoms with E-state index in [1.165, 1.54) is 12.8 Å². The van der Waals surface area contributed by atoms with Crippen LogP contribution in [0.4, 0.5) is 0 Å². The Morgan fingerprint density at radius 3 is 2.56 bits per heavy atom. The molecule has 1 atom stereocenters. The van der Waals surface area contributed by atoms with Crippen molar-refractivity contribution in [3.05, 3.63) is 29.1 Å². The lowest BCUT2D eigenvalue weighted by molar-refractivity contribution is 0.0709. The number of nitrogens with one attached hydrogen (secondary N) is 1. The molecule has 2 aliphatic rings. The highest BCUT2D eigenvalue weighted by molar-refractivity contribution is 5.95. The molecule has 7 heteroatoms. The van der Waals surface area contributed by atoms with Crippen molar-refractivity contribution < 1.29 is 4.79 Å². The van der Waals surface area contributed by atoms with Crippen LogP contribution in [0.5, 0.6) is 0 Å². The van der Waals surface area contributed by atoms with E-state index >= 15 is 0 Å². The van der Waals surface area contributed by atoms with Gasteiger partial charge < -0.3 is 4.90 Å². The molecule has 1 amide bonds. The van der Waals surface area contributed by atoms with Gasteiger partial charge in [-0.1, -0.05) is 13.8 Å². The highest BCUT2D eigenvalue weighted by atomic mass is 16.2. The Labute approximate surface area is 160 Å². The van der Waals surface area contributed by atoms with Gasteiger partial charge in [0.1, 0.15) is 5.82 Å². The molecule has 2 aromatic heterocycles. The van der Waals surface area contributed by atoms with Gasteiger partial charge in [0.25, 0.3) is 5.91 Å². The number of carbonyl (C=O) groups is 1. The molecule has 4 rings (SSSR count). The van der Waals surface area contributed by atoms with Gasteiger partial charge in [-0.05, 0) is 39.0 Å². The smallest absolute Gasteiger partial charge is 0.257 e. The number of likely N-dealkylation sites (tertiary alicyclic amines) is 1. The predicted octanol–water partition coefficient (Wildman–Crippen LogP) is 3.43. The van der Waals surface area contributed by atoms with Gasteiger partial charge in [-0.3, -0.25) is 14.6 Å². The van der Waals surface area contributed by atoms with E-state index in [0.717, 1.165) is 61.7 Å². The van der Waals surface area contributed by atoms with E-state index in [9.17, 15) is 4.79 Å². The minimum Gasteiger partial charge on any atom is -0.338 e. The van der Waals surface area contributed by atoms with Gasteiger partial charge in [0.2, 0.25) is 0 Å². The summed E-state index contributed by atoms with van der Waals surface area (Å²) in [6, 6.07) is 0.339. The van der Waals surface area contributed by atoms with E-state index in [1.807, 2.05) is 4.90 Å². The molecular formula is C20H30N6O. The molecule has 0 bridgehead atoms. The lowest BCUT2D eigenvalue weighted by Gasteiger charge is -2.31. The monoisotopic (exact) mass is 370 g/mol. The molecule has 1 N–H and O–H groups in total. The van der Waals surface area contributed by atoms with Gasteiger partial charge in [0, 0.05) is 37.4 Å². The maximum atomic E-state index is 13.2. The Kier molecular flexibility index (Phi) is 5.02. The zero-order chi connectivity index (χ0) is 19.0. The van der Waals surface area contributed by atoms with E-state index in [2.05, 4.69) is 45.7 Å². The summed E-state index contributed by atoms with van der Waals surface area (Å²) in [7, 11) is 0. The van der Waals surface area contributed by atoms with Gasteiger partial charge in [-0.2, -0.15) is 10.2 Å². The average Bonchev–Trinajstić information content (AvgIpc) is 3.27. The van der Waals surface area contributed by atoms with E-state index < -0.39 is 0 Å². The number of nitrogens with zero attached hydrogens (tertiary/aromatic N) is 5. The first kappa shape index (κ1) is 18.2. The van der Waals surface area contributed by atoms with Crippen molar-refractivity contribution in [1.82, 2.24) is 29.9 Å². The molecule has 1 aliphatic carbocycles. The van der Waals surface area contributed by atoms with Gasteiger partial charge in [-0.15, -0.1) is 0 Å². The number of piperidine rings is 1. The van der Waals surface area contributed by atoms with Crippen molar-refractivity contribution in [3.63, 3.8) is 0 Å². The molecule has 2 fully saturated rings. The molecule has 0 radical (unpaired) electrons. The normalized spacial score (nSPS) is 19.4. The van der Waals surface area contributed by atoms with Crippen molar-refractivity contribution in [1.29, 1.82) is 0 Å². The fourth-order valence-corrected chi connectivity index (χ4v) is 3.99. The number of aryl methyl sites for hydroxylation is 1. The summed E-state index contributed by atoms with van der Waals surface area (Å²) in [4.78, 5) is 19.8. The zero-order valence-electron chi connectivity index (χ0n) is 16.6. The molecule has 1 aliphatic heterocycles. The molecule has 27 heavy (non-hydrogen) atoms. The van der Waals surface area contributed by atoms with Crippen LogP contribution in [0, 0.1) is 0 Å². The number of carbonyl (C=O) groups excluding carboxylic acids is 1. The first-order valence-electron chi connectivity index (χ1n) is 10.4. The molecule has 0 spiro atoms. The maximum Gasteiger partial charge on any atom is 0.257 e. The number of amides is 1. The highest BCUT2D eigenvalue weighted by Gasteiger charge is 2.35. The standard InChI is InChI=1S/C20H30N6O/c1-4-13(3)26-18(14-6-7-14)16(12-21-26)20(27)25-10-8-15(9-11-25)19-22-17(5-2)23-24-19/h12-15H,4-11H2,1-3H3,(H,22,23,24). The molecule has 1 saturated carbocycles. The fourth-order valence-electron chi connectivity index (χ4n) is 3.99. The predicted molar refractivity (Wildman–Crippen MR) is 103 cm³/mol. The fraction of sp³-hybridized carbons (Fsp3) is 0.700. The third kappa shape index (κ3) is 3.51. The summed E-state index contributed by atoms with van der Waals surface area (Å²) in [6.07, 6.45) is 7.89. The first-order chi connectivity index (χ1) is 13.1. The van der Waals surface area contributed by atoms with E-state index in [1.54, 1.807) is 6.20 Å². The molecule has 3 heterocycles. The van der Waals surface area contributed by atoms with Crippen LogP contribution in [0.1, 0.15) is 98.5 Å². The third-order valence-electron chi connectivity index (χ3n) is 6.07. The second-order valence-electron chi connectivity index (χ2n) is 7.98. The van der Waals surface area contributed by atoms with Crippen molar-refractivity contribution in [2.45, 2.75) is 77.2 Å². The maximum absolute atomic E-state index is 13.2. The van der Waals surface area contributed by atoms with Gasteiger partial charge in [-0.25, -0.2) is 4.98 Å². The van der Waals surface area contributed by atoms with E-state index in [4.69, 9.17) is 0 Å². The summed E-state index contributed by atoms with van der Waals surface area (Å²) in [6.45, 7) is 7.95. The Balaban J connectivity index is 1.46. The van der Waals surface area contributed by atoms with Crippen molar-refractivity contribution in [2.24, 2.45) is 0 Å². The van der Waals surface area contributed by atoms with Crippen LogP contribution in [0.15, 0.2) is 6.20 Å². The van der Waals surface area contributed by atoms with Crippen LogP contribution in [0.2, 0.25) is 0 Å². The van der Waals surface area contributed by atoms with Crippen LogP contribution in [0.3, 0.4) is 0 Å². The summed E-state index contributed by atoms with van der Waals surface area (Å²) in [5.41, 5.74) is 1.99. The van der Waals surface area contributed by atoms with E-state index in [-0.39, 0.29) is 5.91 Å². The number of aromatic amines is 1. The Hall–Kier alpha value is -2.18. The van der Waals surface area contributed by atoms with Crippen LogP contribution in [-0.4, -0.2) is 48.9 Å². The summed E-state index contributed by atoms with van der Waals surface area (Å²) in [5, 5.41) is 12.0. The SMILES string of the molecule is CCc1nc(C2CCN(C(=O)c3cnn(C(C)CC)c3C3CC3)CC2)n[nH]1. The summed E-state index contributed by atoms with van der Waals surface area (Å²) in [5.74, 6) is 2.85. The quantitative estimate of drug-likeness (QED) is 0.845. The molecule has 7 nitrogen and oxygen atoms in total. The van der Waals surface area contributed by atoms with Crippen molar-refractivity contribution in [2.75, 3.05) is 13.1 Å². The molecule has 1 saturated heterocycles. The second kappa shape index (κ2) is 7.44. The minimum absolute atomic E-state index is 0.147. The third-order valence-corrected chi connectivity index (χ3v) is 6.07. The van der Waals surface area contributed by atoms with Crippen LogP contribution in [-0.2, 0) is 6.42 Å². The lowest BCUT2D eigenvalue weighted by atomic mass is 9.95. The number of hydrogen-bond acceptors (Lipinski definition) is 4. The Morgan fingerprint density at radius 2 is 1.96 bits per heavy atom. The number of rotatable bonds is 6. The largest absolute Gasteiger partial charge is 0.338 e. The zero-order valence-corrected chi connectivity index (χ0v) is 16.6. The number of H-pyrrole nitrogens is 1. The van der Waals surface area contributed by atoms with Gasteiger partial charge >= 0.3 is 0 Å². The van der Waals surface area contributed by atoms with Crippen molar-refractivity contribution >= 4 is 5.91 Å². The van der Waals surface area contributed by atoms with Crippen LogP contribution < -0.4 is 0 Å². The minimum atomic E-state index is 0.147. The van der Waals surface area contributed by atoms with Gasteiger partial charge in [0.15, 0.2) is 5.82 Å². The number of hydrogen-bond donors (Lipinski definition) is 1. The molecule has 1 unspecified atom stereocenters. The molecule has 2 aromatic rings. The second-order valence-corrected chi connectivity index (χ2v) is 7.98. The van der Waals surface area contributed by atoms with E-state index in [0.29, 0.717) is 17.9 Å². The molecule has 146 valence electrons. The molecule has 0 aromatic carbocycles. The highest BCUT2D eigenvalue weighted by Crippen LogP contribution is 2.43. The average molecular weight is 371 g/mol. The Morgan fingerprint density at radius 1 is 1.22 bits per heavy atom. The number of aromatic nitrogens is 5. The molecular weight excluding hydrogens is 340 g/mol. The lowest BCUT2D eigenvalue weighted by Crippen LogP contribution is -2.38. The van der Waals surface area contributed by atoms with Crippen LogP contribution in [0.25, 0.3) is 0 Å². The summed E-state index contributed by atoms with van der Waals surface area (Å²) >= 11 is 0. The summed E-state index contributed by atoms with van der Waals surface area (Å²) < 4.78 is 2.09. The Bertz CT molecular complexity index is 797. The van der Waals surface area contributed by atoms with Crippen LogP contribution >= 0.6 is 0 Å².